The van der Waals surface area contributed by atoms with Gasteiger partial charge < -0.3 is 30.0 Å². The zero-order valence-corrected chi connectivity index (χ0v) is 34.1. The van der Waals surface area contributed by atoms with Crippen molar-refractivity contribution in [1.82, 2.24) is 30.2 Å². The van der Waals surface area contributed by atoms with Crippen molar-refractivity contribution in [2.45, 2.75) is 101 Å². The second-order valence-electron chi connectivity index (χ2n) is 17.3. The average Bonchev–Trinajstić information content (AvgIpc) is 4.10. The van der Waals surface area contributed by atoms with E-state index < -0.39 is 35.4 Å². The summed E-state index contributed by atoms with van der Waals surface area (Å²) in [7, 11) is 0. The van der Waals surface area contributed by atoms with Gasteiger partial charge in [-0.1, -0.05) is 19.1 Å². The first-order chi connectivity index (χ1) is 29.6. The third-order valence-electron chi connectivity index (χ3n) is 13.5. The molecule has 14 heteroatoms. The van der Waals surface area contributed by atoms with E-state index in [1.54, 1.807) is 34.1 Å². The summed E-state index contributed by atoms with van der Waals surface area (Å²) < 4.78 is 79.6. The van der Waals surface area contributed by atoms with E-state index in [0.29, 0.717) is 85.2 Å². The fourth-order valence-electron chi connectivity index (χ4n) is 10.5. The summed E-state index contributed by atoms with van der Waals surface area (Å²) in [4.78, 5) is 34.5. The molecule has 0 saturated carbocycles. The molecule has 318 valence electrons. The molecular formula is C47H49F5N8O. The molecule has 6 aromatic rings. The summed E-state index contributed by atoms with van der Waals surface area (Å²) in [5.41, 5.74) is 3.74. The third kappa shape index (κ3) is 7.29. The molecule has 10 rings (SSSR count). The van der Waals surface area contributed by atoms with E-state index in [1.807, 2.05) is 11.8 Å². The number of aromatic amines is 2. The predicted molar refractivity (Wildman–Crippen MR) is 225 cm³/mol. The maximum Gasteiger partial charge on any atom is 0.223 e. The van der Waals surface area contributed by atoms with Crippen molar-refractivity contribution in [2.75, 3.05) is 36.0 Å². The number of hydrogen-bond donors (Lipinski definition) is 3. The summed E-state index contributed by atoms with van der Waals surface area (Å²) in [5, 5.41) is 3.43. The molecule has 0 spiro atoms. The van der Waals surface area contributed by atoms with Gasteiger partial charge in [0.2, 0.25) is 5.91 Å². The van der Waals surface area contributed by atoms with Gasteiger partial charge in [0.1, 0.15) is 34.8 Å². The molecule has 9 nitrogen and oxygen atoms in total. The quantitative estimate of drug-likeness (QED) is 0.126. The molecule has 0 aliphatic carbocycles. The van der Waals surface area contributed by atoms with E-state index in [4.69, 9.17) is 9.97 Å². The number of halogens is 5. The Morgan fingerprint density at radius 1 is 0.689 bits per heavy atom. The lowest BCUT2D eigenvalue weighted by atomic mass is 9.89. The van der Waals surface area contributed by atoms with Crippen LogP contribution in [0.15, 0.2) is 60.7 Å². The summed E-state index contributed by atoms with van der Waals surface area (Å²) >= 11 is 0. The van der Waals surface area contributed by atoms with Gasteiger partial charge in [0.15, 0.2) is 11.6 Å². The summed E-state index contributed by atoms with van der Waals surface area (Å²) in [5.74, 6) is -1.32. The van der Waals surface area contributed by atoms with Crippen LogP contribution in [0.25, 0.3) is 22.1 Å². The number of rotatable bonds is 9. The van der Waals surface area contributed by atoms with Crippen molar-refractivity contribution in [3.63, 3.8) is 0 Å². The predicted octanol–water partition coefficient (Wildman–Crippen LogP) is 10.5. The number of likely N-dealkylation sites (tertiary alicyclic amines) is 1. The molecule has 4 aromatic carbocycles. The SMILES string of the molecule is CCCC(=O)N1CCC[C@H]1c1nc2cc([C@H]3CC[C@H](c4cc5nc([C@@H]6CCCN6)[nH]c5cc4F)N3c3cc(F)c(N4CCC(c5ccc(F)cc5)CC4)c(F)c3)c(F)cc2[nH]1. The normalized spacial score (nSPS) is 22.4. The molecule has 4 fully saturated rings. The van der Waals surface area contributed by atoms with E-state index in [2.05, 4.69) is 15.3 Å². The van der Waals surface area contributed by atoms with Crippen LogP contribution in [-0.2, 0) is 4.79 Å². The molecule has 0 radical (unpaired) electrons. The Morgan fingerprint density at radius 3 is 1.92 bits per heavy atom. The van der Waals surface area contributed by atoms with Crippen LogP contribution in [0.1, 0.15) is 130 Å². The van der Waals surface area contributed by atoms with Gasteiger partial charge in [-0.15, -0.1) is 0 Å². The average molecular weight is 837 g/mol. The first-order valence-corrected chi connectivity index (χ1v) is 21.8. The lowest BCUT2D eigenvalue weighted by Gasteiger charge is -2.36. The molecule has 2 aromatic heterocycles. The van der Waals surface area contributed by atoms with Crippen LogP contribution in [0.2, 0.25) is 0 Å². The highest BCUT2D eigenvalue weighted by atomic mass is 19.1. The zero-order chi connectivity index (χ0) is 41.9. The molecular weight excluding hydrogens is 788 g/mol. The number of piperidine rings is 1. The van der Waals surface area contributed by atoms with Crippen LogP contribution >= 0.6 is 0 Å². The van der Waals surface area contributed by atoms with Crippen LogP contribution in [0, 0.1) is 29.1 Å². The topological polar surface area (TPSA) is 96.2 Å². The maximum atomic E-state index is 16.6. The van der Waals surface area contributed by atoms with Gasteiger partial charge in [0, 0.05) is 42.9 Å². The standard InChI is InChI=1S/C47H49F5N8O/c1-2-5-44(61)59-17-4-7-43(59)47-56-38-23-31(33(50)25-40(38)57-47)42-13-12-41(30-22-37-39(24-32(30)49)55-46(54-37)36-6-3-16-53-36)60(42)29-20-34(51)45(35(52)21-29)58-18-14-27(15-19-58)26-8-10-28(48)11-9-26/h8-11,20-25,27,36,41-43,53H,2-7,12-19H2,1H3,(H,54,55)(H,56,57)/t36-,41+,42+,43-/m0/s1. The van der Waals surface area contributed by atoms with E-state index in [1.165, 1.54) is 36.4 Å². The smallest absolute Gasteiger partial charge is 0.223 e. The van der Waals surface area contributed by atoms with Crippen molar-refractivity contribution in [3.05, 3.63) is 118 Å². The second-order valence-corrected chi connectivity index (χ2v) is 17.3. The first kappa shape index (κ1) is 39.6. The lowest BCUT2D eigenvalue weighted by Crippen LogP contribution is -2.34. The second kappa shape index (κ2) is 16.1. The largest absolute Gasteiger partial charge is 0.367 e. The number of imidazole rings is 2. The molecule has 4 saturated heterocycles. The lowest BCUT2D eigenvalue weighted by molar-refractivity contribution is -0.132. The van der Waals surface area contributed by atoms with E-state index >= 15 is 17.6 Å². The number of fused-ring (bicyclic) bond motifs is 2. The number of nitrogens with zero attached hydrogens (tertiary/aromatic N) is 5. The Labute approximate surface area is 350 Å². The van der Waals surface area contributed by atoms with Crippen LogP contribution < -0.4 is 15.1 Å². The molecule has 4 atom stereocenters. The number of amides is 1. The van der Waals surface area contributed by atoms with Crippen LogP contribution in [0.4, 0.5) is 33.3 Å². The van der Waals surface area contributed by atoms with Crippen molar-refractivity contribution < 1.29 is 26.7 Å². The number of anilines is 2. The van der Waals surface area contributed by atoms with E-state index in [0.717, 1.165) is 50.0 Å². The molecule has 0 bridgehead atoms. The van der Waals surface area contributed by atoms with Gasteiger partial charge >= 0.3 is 0 Å². The Hall–Kier alpha value is -5.50. The fraction of sp³-hybridized carbons (Fsp3) is 0.426. The maximum absolute atomic E-state index is 16.6. The number of nitrogens with one attached hydrogen (secondary N) is 3. The van der Waals surface area contributed by atoms with Gasteiger partial charge in [0.25, 0.3) is 0 Å². The summed E-state index contributed by atoms with van der Waals surface area (Å²) in [6.07, 6.45) is 6.71. The Balaban J connectivity index is 1.01. The van der Waals surface area contributed by atoms with Gasteiger partial charge in [-0.3, -0.25) is 4.79 Å². The highest BCUT2D eigenvalue weighted by molar-refractivity contribution is 5.79. The highest BCUT2D eigenvalue weighted by Crippen LogP contribution is 2.50. The van der Waals surface area contributed by atoms with Crippen molar-refractivity contribution in [2.24, 2.45) is 0 Å². The van der Waals surface area contributed by atoms with Crippen LogP contribution in [0.5, 0.6) is 0 Å². The first-order valence-electron chi connectivity index (χ1n) is 21.8. The molecule has 61 heavy (non-hydrogen) atoms. The molecule has 0 unspecified atom stereocenters. The monoisotopic (exact) mass is 836 g/mol. The molecule has 4 aliphatic heterocycles. The van der Waals surface area contributed by atoms with Crippen LogP contribution in [0.3, 0.4) is 0 Å². The van der Waals surface area contributed by atoms with Gasteiger partial charge in [-0.25, -0.2) is 31.9 Å². The molecule has 3 N–H and O–H groups in total. The minimum Gasteiger partial charge on any atom is -0.367 e. The van der Waals surface area contributed by atoms with Gasteiger partial charge in [-0.05, 0) is 124 Å². The number of carbonyl (C=O) groups is 1. The van der Waals surface area contributed by atoms with Gasteiger partial charge in [0.05, 0.1) is 46.2 Å². The van der Waals surface area contributed by atoms with E-state index in [-0.39, 0.29) is 46.7 Å². The fourth-order valence-corrected chi connectivity index (χ4v) is 10.5. The molecule has 6 heterocycles. The van der Waals surface area contributed by atoms with Gasteiger partial charge in [-0.2, -0.15) is 0 Å². The minimum absolute atomic E-state index is 0.0402. The van der Waals surface area contributed by atoms with Crippen molar-refractivity contribution in [3.8, 4) is 0 Å². The molecule has 1 amide bonds. The summed E-state index contributed by atoms with van der Waals surface area (Å²) in [6.45, 7) is 4.29. The number of H-pyrrole nitrogens is 2. The Bertz CT molecular complexity index is 2570. The number of aromatic nitrogens is 4. The number of carbonyl (C=O) groups excluding carboxylic acids is 1. The van der Waals surface area contributed by atoms with Crippen molar-refractivity contribution >= 4 is 39.3 Å². The summed E-state index contributed by atoms with van der Waals surface area (Å²) in [6, 6.07) is 13.5. The third-order valence-corrected chi connectivity index (χ3v) is 13.5. The Kier molecular flexibility index (Phi) is 10.4. The zero-order valence-electron chi connectivity index (χ0n) is 34.1. The van der Waals surface area contributed by atoms with E-state index in [9.17, 15) is 9.18 Å². The molecule has 4 aliphatic rings. The van der Waals surface area contributed by atoms with Crippen molar-refractivity contribution in [1.29, 1.82) is 0 Å². The number of benzene rings is 4. The number of hydrogen-bond acceptors (Lipinski definition) is 6. The minimum atomic E-state index is -0.761. The Morgan fingerprint density at radius 2 is 1.31 bits per heavy atom. The van der Waals surface area contributed by atoms with Crippen LogP contribution in [-0.4, -0.2) is 56.9 Å². The highest BCUT2D eigenvalue weighted by Gasteiger charge is 2.40.